The standard InChI is InChI=1S/C16H23N3O/c1-4-16(2,8-9-17)19-15-14-6-5-13(20-3)11-12(14)7-10-18-15/h5-7,10-11H,4,8-9,17H2,1-3H3,(H,18,19). The fourth-order valence-corrected chi connectivity index (χ4v) is 2.31. The molecule has 0 saturated heterocycles. The molecular formula is C16H23N3O. The number of ether oxygens (including phenoxy) is 1. The minimum absolute atomic E-state index is 0.0318. The average molecular weight is 273 g/mol. The fraction of sp³-hybridized carbons (Fsp3) is 0.438. The van der Waals surface area contributed by atoms with Crippen LogP contribution in [0.5, 0.6) is 5.75 Å². The van der Waals surface area contributed by atoms with Gasteiger partial charge in [0.1, 0.15) is 11.6 Å². The van der Waals surface area contributed by atoms with E-state index in [-0.39, 0.29) is 5.54 Å². The Hall–Kier alpha value is -1.81. The van der Waals surface area contributed by atoms with Crippen molar-refractivity contribution in [3.8, 4) is 5.75 Å². The normalized spacial score (nSPS) is 14.0. The van der Waals surface area contributed by atoms with Gasteiger partial charge in [0.05, 0.1) is 7.11 Å². The lowest BCUT2D eigenvalue weighted by Crippen LogP contribution is -2.36. The first-order chi connectivity index (χ1) is 9.61. The molecule has 4 heteroatoms. The highest BCUT2D eigenvalue weighted by Gasteiger charge is 2.22. The number of rotatable bonds is 6. The molecular weight excluding hydrogens is 250 g/mol. The van der Waals surface area contributed by atoms with Crippen LogP contribution in [-0.4, -0.2) is 24.2 Å². The molecule has 0 aliphatic heterocycles. The highest BCUT2D eigenvalue weighted by atomic mass is 16.5. The number of nitrogens with zero attached hydrogens (tertiary/aromatic N) is 1. The lowest BCUT2D eigenvalue weighted by Gasteiger charge is -2.30. The van der Waals surface area contributed by atoms with E-state index in [1.165, 1.54) is 0 Å². The van der Waals surface area contributed by atoms with Crippen LogP contribution in [0.25, 0.3) is 10.8 Å². The summed E-state index contributed by atoms with van der Waals surface area (Å²) in [5, 5.41) is 5.77. The molecule has 4 nitrogen and oxygen atoms in total. The van der Waals surface area contributed by atoms with Crippen LogP contribution < -0.4 is 15.8 Å². The molecule has 3 N–H and O–H groups in total. The second-order valence-corrected chi connectivity index (χ2v) is 5.32. The average Bonchev–Trinajstić information content (AvgIpc) is 2.47. The van der Waals surface area contributed by atoms with Gasteiger partial charge in [-0.25, -0.2) is 4.98 Å². The van der Waals surface area contributed by atoms with Crippen molar-refractivity contribution in [2.45, 2.75) is 32.2 Å². The van der Waals surface area contributed by atoms with Crippen molar-refractivity contribution in [2.75, 3.05) is 19.0 Å². The van der Waals surface area contributed by atoms with E-state index in [4.69, 9.17) is 10.5 Å². The van der Waals surface area contributed by atoms with Crippen molar-refractivity contribution < 1.29 is 4.74 Å². The Morgan fingerprint density at radius 3 is 2.80 bits per heavy atom. The molecule has 0 bridgehead atoms. The first-order valence-electron chi connectivity index (χ1n) is 7.03. The minimum atomic E-state index is -0.0318. The van der Waals surface area contributed by atoms with Crippen LogP contribution in [0.4, 0.5) is 5.82 Å². The van der Waals surface area contributed by atoms with Crippen LogP contribution in [0, 0.1) is 0 Å². The van der Waals surface area contributed by atoms with Gasteiger partial charge in [0, 0.05) is 17.1 Å². The van der Waals surface area contributed by atoms with Crippen molar-refractivity contribution >= 4 is 16.6 Å². The molecule has 1 aromatic heterocycles. The predicted molar refractivity (Wildman–Crippen MR) is 84.3 cm³/mol. The van der Waals surface area contributed by atoms with Crippen LogP contribution in [0.2, 0.25) is 0 Å². The van der Waals surface area contributed by atoms with Crippen molar-refractivity contribution in [3.05, 3.63) is 30.5 Å². The number of fused-ring (bicyclic) bond motifs is 1. The van der Waals surface area contributed by atoms with E-state index in [2.05, 4.69) is 24.1 Å². The van der Waals surface area contributed by atoms with Crippen molar-refractivity contribution in [3.63, 3.8) is 0 Å². The van der Waals surface area contributed by atoms with Crippen LogP contribution in [0.15, 0.2) is 30.5 Å². The lowest BCUT2D eigenvalue weighted by atomic mass is 9.94. The fourth-order valence-electron chi connectivity index (χ4n) is 2.31. The molecule has 1 aromatic carbocycles. The van der Waals surface area contributed by atoms with Crippen molar-refractivity contribution in [1.29, 1.82) is 0 Å². The zero-order valence-electron chi connectivity index (χ0n) is 12.4. The number of methoxy groups -OCH3 is 1. The summed E-state index contributed by atoms with van der Waals surface area (Å²) in [5.74, 6) is 1.76. The SMILES string of the molecule is CCC(C)(CCN)Nc1nccc2cc(OC)ccc12. The molecule has 20 heavy (non-hydrogen) atoms. The highest BCUT2D eigenvalue weighted by Crippen LogP contribution is 2.28. The van der Waals surface area contributed by atoms with Crippen LogP contribution in [-0.2, 0) is 0 Å². The summed E-state index contributed by atoms with van der Waals surface area (Å²) in [5.41, 5.74) is 5.69. The van der Waals surface area contributed by atoms with E-state index in [0.29, 0.717) is 6.54 Å². The van der Waals surface area contributed by atoms with Gasteiger partial charge in [-0.15, -0.1) is 0 Å². The zero-order valence-corrected chi connectivity index (χ0v) is 12.4. The van der Waals surface area contributed by atoms with E-state index in [1.807, 2.05) is 30.5 Å². The lowest BCUT2D eigenvalue weighted by molar-refractivity contribution is 0.415. The number of nitrogens with two attached hydrogens (primary N) is 1. The third kappa shape index (κ3) is 3.02. The molecule has 2 aromatic rings. The van der Waals surface area contributed by atoms with E-state index in [1.54, 1.807) is 7.11 Å². The molecule has 108 valence electrons. The van der Waals surface area contributed by atoms with Gasteiger partial charge in [0.15, 0.2) is 0 Å². The Morgan fingerprint density at radius 2 is 2.15 bits per heavy atom. The second-order valence-electron chi connectivity index (χ2n) is 5.32. The van der Waals surface area contributed by atoms with Crippen molar-refractivity contribution in [1.82, 2.24) is 4.98 Å². The highest BCUT2D eigenvalue weighted by molar-refractivity contribution is 5.92. The minimum Gasteiger partial charge on any atom is -0.497 e. The van der Waals surface area contributed by atoms with E-state index in [9.17, 15) is 0 Å². The summed E-state index contributed by atoms with van der Waals surface area (Å²) in [4.78, 5) is 4.48. The number of aromatic nitrogens is 1. The molecule has 0 aliphatic carbocycles. The molecule has 1 heterocycles. The monoisotopic (exact) mass is 273 g/mol. The first kappa shape index (κ1) is 14.6. The molecule has 0 spiro atoms. The smallest absolute Gasteiger partial charge is 0.134 e. The number of hydrogen-bond acceptors (Lipinski definition) is 4. The molecule has 0 fully saturated rings. The third-order valence-electron chi connectivity index (χ3n) is 3.87. The maximum atomic E-state index is 5.72. The van der Waals surface area contributed by atoms with Gasteiger partial charge in [-0.3, -0.25) is 0 Å². The molecule has 1 atom stereocenters. The Morgan fingerprint density at radius 1 is 1.35 bits per heavy atom. The molecule has 1 unspecified atom stereocenters. The van der Waals surface area contributed by atoms with Crippen LogP contribution >= 0.6 is 0 Å². The molecule has 0 saturated carbocycles. The number of pyridine rings is 1. The van der Waals surface area contributed by atoms with E-state index < -0.39 is 0 Å². The summed E-state index contributed by atoms with van der Waals surface area (Å²) < 4.78 is 5.27. The van der Waals surface area contributed by atoms with E-state index in [0.717, 1.165) is 35.2 Å². The van der Waals surface area contributed by atoms with E-state index >= 15 is 0 Å². The van der Waals surface area contributed by atoms with Gasteiger partial charge in [-0.05, 0) is 56.0 Å². The van der Waals surface area contributed by atoms with Crippen molar-refractivity contribution in [2.24, 2.45) is 5.73 Å². The van der Waals surface area contributed by atoms with Gasteiger partial charge < -0.3 is 15.8 Å². The van der Waals surface area contributed by atoms with Crippen LogP contribution in [0.3, 0.4) is 0 Å². The molecule has 0 aliphatic rings. The largest absolute Gasteiger partial charge is 0.497 e. The molecule has 2 rings (SSSR count). The van der Waals surface area contributed by atoms with Gasteiger partial charge in [-0.2, -0.15) is 0 Å². The summed E-state index contributed by atoms with van der Waals surface area (Å²) >= 11 is 0. The summed E-state index contributed by atoms with van der Waals surface area (Å²) in [7, 11) is 1.68. The van der Waals surface area contributed by atoms with Crippen LogP contribution in [0.1, 0.15) is 26.7 Å². The maximum Gasteiger partial charge on any atom is 0.134 e. The summed E-state index contributed by atoms with van der Waals surface area (Å²) in [6.07, 6.45) is 3.73. The van der Waals surface area contributed by atoms with Gasteiger partial charge in [-0.1, -0.05) is 6.92 Å². The summed E-state index contributed by atoms with van der Waals surface area (Å²) in [6.45, 7) is 5.01. The Labute approximate surface area is 120 Å². The number of nitrogens with one attached hydrogen (secondary N) is 1. The first-order valence-corrected chi connectivity index (χ1v) is 7.03. The van der Waals surface area contributed by atoms with Gasteiger partial charge in [0.25, 0.3) is 0 Å². The molecule has 0 radical (unpaired) electrons. The Balaban J connectivity index is 2.39. The third-order valence-corrected chi connectivity index (χ3v) is 3.87. The topological polar surface area (TPSA) is 60.2 Å². The quantitative estimate of drug-likeness (QED) is 0.848. The maximum absolute atomic E-state index is 5.72. The Kier molecular flexibility index (Phi) is 4.45. The predicted octanol–water partition coefficient (Wildman–Crippen LogP) is 3.17. The van der Waals surface area contributed by atoms with Gasteiger partial charge in [0.2, 0.25) is 0 Å². The summed E-state index contributed by atoms with van der Waals surface area (Å²) in [6, 6.07) is 8.02. The second kappa shape index (κ2) is 6.09. The number of benzene rings is 1. The number of anilines is 1. The number of hydrogen-bond donors (Lipinski definition) is 2. The van der Waals surface area contributed by atoms with Gasteiger partial charge >= 0.3 is 0 Å². The zero-order chi connectivity index (χ0) is 14.6. The molecule has 0 amide bonds. The Bertz CT molecular complexity index is 585.